The highest BCUT2D eigenvalue weighted by Crippen LogP contribution is 2.49. The second-order valence-electron chi connectivity index (χ2n) is 10.3. The summed E-state index contributed by atoms with van der Waals surface area (Å²) in [6.45, 7) is 0.518. The molecule has 0 saturated carbocycles. The Morgan fingerprint density at radius 1 is 0.769 bits per heavy atom. The van der Waals surface area contributed by atoms with Gasteiger partial charge in [-0.2, -0.15) is 0 Å². The van der Waals surface area contributed by atoms with Crippen LogP contribution in [0.15, 0.2) is 127 Å². The lowest BCUT2D eigenvalue weighted by molar-refractivity contribution is -0.116. The summed E-state index contributed by atoms with van der Waals surface area (Å²) in [5.74, 6) is 1.04. The Morgan fingerprint density at radius 2 is 1.54 bits per heavy atom. The number of benzene rings is 4. The van der Waals surface area contributed by atoms with Crippen LogP contribution in [-0.4, -0.2) is 10.8 Å². The topological polar surface area (TPSA) is 51.2 Å². The lowest BCUT2D eigenvalue weighted by Gasteiger charge is -2.37. The average molecular weight is 509 g/mol. The van der Waals surface area contributed by atoms with Crippen LogP contribution < -0.4 is 10.1 Å². The molecule has 7 rings (SSSR count). The lowest BCUT2D eigenvalue weighted by Crippen LogP contribution is -2.29. The van der Waals surface area contributed by atoms with Crippen molar-refractivity contribution in [3.63, 3.8) is 0 Å². The van der Waals surface area contributed by atoms with Crippen LogP contribution in [0, 0.1) is 0 Å². The molecule has 0 radical (unpaired) electrons. The van der Waals surface area contributed by atoms with E-state index in [2.05, 4.69) is 77.0 Å². The van der Waals surface area contributed by atoms with Crippen molar-refractivity contribution >= 4 is 22.4 Å². The Hall–Kier alpha value is -4.70. The van der Waals surface area contributed by atoms with Gasteiger partial charge in [0, 0.05) is 35.2 Å². The molecule has 0 fully saturated rings. The van der Waals surface area contributed by atoms with Crippen molar-refractivity contribution in [2.45, 2.75) is 31.3 Å². The number of carbonyl (C=O) groups is 1. The minimum Gasteiger partial charge on any atom is -0.489 e. The van der Waals surface area contributed by atoms with Crippen molar-refractivity contribution in [1.29, 1.82) is 0 Å². The molecule has 4 aromatic carbocycles. The van der Waals surface area contributed by atoms with Gasteiger partial charge in [-0.05, 0) is 64.9 Å². The van der Waals surface area contributed by atoms with E-state index in [4.69, 9.17) is 4.74 Å². The third-order valence-electron chi connectivity index (χ3n) is 7.93. The van der Waals surface area contributed by atoms with Gasteiger partial charge in [0.25, 0.3) is 0 Å². The summed E-state index contributed by atoms with van der Waals surface area (Å²) in [4.78, 5) is 18.4. The maximum atomic E-state index is 13.9. The zero-order valence-electron chi connectivity index (χ0n) is 21.5. The van der Waals surface area contributed by atoms with Crippen LogP contribution >= 0.6 is 0 Å². The summed E-state index contributed by atoms with van der Waals surface area (Å²) in [5.41, 5.74) is 8.44. The first-order valence-corrected chi connectivity index (χ1v) is 13.5. The van der Waals surface area contributed by atoms with Gasteiger partial charge < -0.3 is 10.1 Å². The number of ether oxygens (including phenoxy) is 1. The number of hydrogen-bond donors (Lipinski definition) is 1. The number of nitrogens with one attached hydrogen (secondary N) is 1. The van der Waals surface area contributed by atoms with Gasteiger partial charge in [-0.1, -0.05) is 78.9 Å². The van der Waals surface area contributed by atoms with Gasteiger partial charge >= 0.3 is 0 Å². The van der Waals surface area contributed by atoms with Crippen molar-refractivity contribution in [2.24, 2.45) is 0 Å². The number of pyridine rings is 1. The summed E-state index contributed by atoms with van der Waals surface area (Å²) in [6, 6.07) is 37.1. The van der Waals surface area contributed by atoms with Gasteiger partial charge in [-0.3, -0.25) is 9.78 Å². The normalized spacial score (nSPS) is 18.3. The average Bonchev–Trinajstić information content (AvgIpc) is 3.00. The van der Waals surface area contributed by atoms with Gasteiger partial charge in [0.1, 0.15) is 12.4 Å². The highest BCUT2D eigenvalue weighted by Gasteiger charge is 2.38. The quantitative estimate of drug-likeness (QED) is 0.263. The second kappa shape index (κ2) is 9.88. The van der Waals surface area contributed by atoms with E-state index in [1.807, 2.05) is 48.7 Å². The van der Waals surface area contributed by atoms with Crippen molar-refractivity contribution < 1.29 is 9.53 Å². The Bertz CT molecular complexity index is 1690. The fraction of sp³-hybridized carbons (Fsp3) is 0.143. The smallest absolute Gasteiger partial charge is 0.162 e. The number of allylic oxidation sites excluding steroid dienone is 2. The van der Waals surface area contributed by atoms with Crippen LogP contribution in [0.4, 0.5) is 5.69 Å². The van der Waals surface area contributed by atoms with E-state index in [1.54, 1.807) is 0 Å². The molecule has 0 saturated heterocycles. The van der Waals surface area contributed by atoms with Crippen LogP contribution in [0.3, 0.4) is 0 Å². The maximum Gasteiger partial charge on any atom is 0.162 e. The number of ketones is 1. The summed E-state index contributed by atoms with van der Waals surface area (Å²) < 4.78 is 6.05. The minimum atomic E-state index is -0.145. The van der Waals surface area contributed by atoms with Gasteiger partial charge in [0.2, 0.25) is 0 Å². The molecule has 0 spiro atoms. The molecule has 2 heterocycles. The van der Waals surface area contributed by atoms with E-state index in [-0.39, 0.29) is 17.6 Å². The minimum absolute atomic E-state index is 0.145. The van der Waals surface area contributed by atoms with Gasteiger partial charge in [0.05, 0.1) is 11.2 Å². The van der Waals surface area contributed by atoms with Crippen molar-refractivity contribution in [1.82, 2.24) is 4.98 Å². The molecule has 4 heteroatoms. The predicted octanol–water partition coefficient (Wildman–Crippen LogP) is 7.77. The van der Waals surface area contributed by atoms with E-state index in [0.29, 0.717) is 13.0 Å². The number of hydrogen-bond acceptors (Lipinski definition) is 4. The van der Waals surface area contributed by atoms with Crippen LogP contribution in [0.2, 0.25) is 0 Å². The SMILES string of the molecule is O=C1CC(c2ccccc2)CC2=C1C(c1ccc(OCc3ccccc3)cc1)c1ccc3ncccc3c1N2. The first kappa shape index (κ1) is 23.4. The van der Waals surface area contributed by atoms with Crippen molar-refractivity contribution in [2.75, 3.05) is 5.32 Å². The number of aromatic nitrogens is 1. The number of anilines is 1. The number of nitrogens with zero attached hydrogens (tertiary/aromatic N) is 1. The fourth-order valence-electron chi connectivity index (χ4n) is 6.04. The predicted molar refractivity (Wildman–Crippen MR) is 155 cm³/mol. The largest absolute Gasteiger partial charge is 0.489 e. The van der Waals surface area contributed by atoms with E-state index in [0.717, 1.165) is 56.7 Å². The molecular weight excluding hydrogens is 480 g/mol. The van der Waals surface area contributed by atoms with Gasteiger partial charge in [-0.25, -0.2) is 0 Å². The Morgan fingerprint density at radius 3 is 2.33 bits per heavy atom. The first-order chi connectivity index (χ1) is 19.2. The molecule has 0 amide bonds. The van der Waals surface area contributed by atoms with Crippen molar-refractivity contribution in [3.8, 4) is 5.75 Å². The van der Waals surface area contributed by atoms with Gasteiger partial charge in [-0.15, -0.1) is 0 Å². The van der Waals surface area contributed by atoms with Crippen LogP contribution in [0.5, 0.6) is 5.75 Å². The number of rotatable bonds is 5. The number of fused-ring (bicyclic) bond motifs is 3. The third-order valence-corrected chi connectivity index (χ3v) is 7.93. The zero-order valence-corrected chi connectivity index (χ0v) is 21.5. The Balaban J connectivity index is 1.28. The molecular formula is C35H28N2O2. The summed E-state index contributed by atoms with van der Waals surface area (Å²) >= 11 is 0. The third kappa shape index (κ3) is 4.38. The number of carbonyl (C=O) groups excluding carboxylic acids is 1. The molecule has 0 bridgehead atoms. The second-order valence-corrected chi connectivity index (χ2v) is 10.3. The lowest BCUT2D eigenvalue weighted by atomic mass is 9.71. The fourth-order valence-corrected chi connectivity index (χ4v) is 6.04. The summed E-state index contributed by atoms with van der Waals surface area (Å²) in [6.07, 6.45) is 3.14. The van der Waals surface area contributed by atoms with Gasteiger partial charge in [0.15, 0.2) is 5.78 Å². The Kier molecular flexibility index (Phi) is 5.93. The first-order valence-electron chi connectivity index (χ1n) is 13.5. The highest BCUT2D eigenvalue weighted by molar-refractivity contribution is 6.04. The standard InChI is InChI=1S/C35H28N2O2/c38-32-21-26(24-10-5-2-6-11-24)20-31-34(32)33(29-17-18-30-28(35(29)37-31)12-7-19-36-30)25-13-15-27(16-14-25)39-22-23-8-3-1-4-9-23/h1-19,26,33,37H,20-22H2. The molecule has 1 N–H and O–H groups in total. The molecule has 2 unspecified atom stereocenters. The number of Topliss-reactive ketones (excluding diaryl/α,β-unsaturated/α-hetero) is 1. The van der Waals surface area contributed by atoms with Crippen LogP contribution in [-0.2, 0) is 11.4 Å². The molecule has 5 aromatic rings. The van der Waals surface area contributed by atoms with E-state index >= 15 is 0 Å². The highest BCUT2D eigenvalue weighted by atomic mass is 16.5. The molecule has 2 aliphatic rings. The molecule has 2 atom stereocenters. The zero-order chi connectivity index (χ0) is 26.2. The monoisotopic (exact) mass is 508 g/mol. The summed E-state index contributed by atoms with van der Waals surface area (Å²) in [5, 5.41) is 4.79. The maximum absolute atomic E-state index is 13.9. The molecule has 39 heavy (non-hydrogen) atoms. The summed E-state index contributed by atoms with van der Waals surface area (Å²) in [7, 11) is 0. The van der Waals surface area contributed by atoms with Crippen LogP contribution in [0.25, 0.3) is 10.9 Å². The van der Waals surface area contributed by atoms with E-state index < -0.39 is 0 Å². The van der Waals surface area contributed by atoms with E-state index in [1.165, 1.54) is 5.56 Å². The molecule has 1 aromatic heterocycles. The molecule has 1 aliphatic carbocycles. The molecule has 4 nitrogen and oxygen atoms in total. The van der Waals surface area contributed by atoms with E-state index in [9.17, 15) is 4.79 Å². The van der Waals surface area contributed by atoms with Crippen LogP contribution in [0.1, 0.15) is 46.9 Å². The Labute approximate surface area is 228 Å². The molecule has 190 valence electrons. The van der Waals surface area contributed by atoms with Crippen molar-refractivity contribution in [3.05, 3.63) is 149 Å². The molecule has 1 aliphatic heterocycles.